The summed E-state index contributed by atoms with van der Waals surface area (Å²) in [5.74, 6) is 1.47. The summed E-state index contributed by atoms with van der Waals surface area (Å²) in [4.78, 5) is 0. The van der Waals surface area contributed by atoms with Gasteiger partial charge in [-0.2, -0.15) is 0 Å². The minimum atomic E-state index is 0.251. The van der Waals surface area contributed by atoms with Crippen molar-refractivity contribution in [3.63, 3.8) is 0 Å². The Morgan fingerprint density at radius 3 is 1.79 bits per heavy atom. The zero-order chi connectivity index (χ0) is 13.5. The van der Waals surface area contributed by atoms with Gasteiger partial charge >= 0.3 is 0 Å². The first-order valence-electron chi connectivity index (χ1n) is 7.21. The molecule has 2 aromatic rings. The molecule has 0 amide bonds. The van der Waals surface area contributed by atoms with Crippen molar-refractivity contribution in [1.29, 1.82) is 0 Å². The Bertz CT molecular complexity index is 543. The van der Waals surface area contributed by atoms with E-state index in [-0.39, 0.29) is 5.41 Å². The molecule has 1 aliphatic carbocycles. The minimum Gasteiger partial charge on any atom is -0.0622 e. The van der Waals surface area contributed by atoms with Crippen LogP contribution >= 0.6 is 0 Å². The molecule has 0 nitrogen and oxygen atoms in total. The Morgan fingerprint density at radius 1 is 0.737 bits per heavy atom. The standard InChI is InChI=1S/C19H22/c1-19(2,3)16-11-9-15(10-12-16)18-13-17(18)14-7-5-4-6-8-14/h4-12,17-18H,13H2,1-3H3/t17-,18-/m1/s1. The lowest BCUT2D eigenvalue weighted by atomic mass is 9.86. The molecule has 98 valence electrons. The number of hydrogen-bond acceptors (Lipinski definition) is 0. The third-order valence-corrected chi connectivity index (χ3v) is 4.22. The molecular formula is C19H22. The predicted molar refractivity (Wildman–Crippen MR) is 81.7 cm³/mol. The highest BCUT2D eigenvalue weighted by Gasteiger charge is 2.39. The van der Waals surface area contributed by atoms with E-state index in [2.05, 4.69) is 75.4 Å². The van der Waals surface area contributed by atoms with Crippen LogP contribution in [0.15, 0.2) is 54.6 Å². The van der Waals surface area contributed by atoms with Gasteiger partial charge in [-0.05, 0) is 40.4 Å². The molecule has 1 saturated carbocycles. The average molecular weight is 250 g/mol. The van der Waals surface area contributed by atoms with Crippen molar-refractivity contribution in [2.45, 2.75) is 44.4 Å². The first-order valence-corrected chi connectivity index (χ1v) is 7.21. The molecule has 1 fully saturated rings. The third-order valence-electron chi connectivity index (χ3n) is 4.22. The van der Waals surface area contributed by atoms with Gasteiger partial charge in [0.15, 0.2) is 0 Å². The van der Waals surface area contributed by atoms with Gasteiger partial charge in [-0.1, -0.05) is 75.4 Å². The molecular weight excluding hydrogens is 228 g/mol. The van der Waals surface area contributed by atoms with Crippen LogP contribution in [-0.2, 0) is 5.41 Å². The Labute approximate surface area is 116 Å². The van der Waals surface area contributed by atoms with Gasteiger partial charge in [0.25, 0.3) is 0 Å². The van der Waals surface area contributed by atoms with Gasteiger partial charge in [0.2, 0.25) is 0 Å². The summed E-state index contributed by atoms with van der Waals surface area (Å²) in [6.07, 6.45) is 1.30. The first kappa shape index (κ1) is 12.5. The van der Waals surface area contributed by atoms with E-state index >= 15 is 0 Å². The smallest absolute Gasteiger partial charge is 0.00868 e. The van der Waals surface area contributed by atoms with Gasteiger partial charge in [-0.15, -0.1) is 0 Å². The highest BCUT2D eigenvalue weighted by Crippen LogP contribution is 2.54. The van der Waals surface area contributed by atoms with E-state index in [4.69, 9.17) is 0 Å². The molecule has 0 saturated heterocycles. The van der Waals surface area contributed by atoms with Crippen LogP contribution in [0.3, 0.4) is 0 Å². The van der Waals surface area contributed by atoms with Gasteiger partial charge < -0.3 is 0 Å². The van der Waals surface area contributed by atoms with Gasteiger partial charge in [-0.25, -0.2) is 0 Å². The molecule has 0 bridgehead atoms. The molecule has 0 aromatic heterocycles. The number of rotatable bonds is 2. The molecule has 0 heteroatoms. The van der Waals surface area contributed by atoms with Crippen molar-refractivity contribution >= 4 is 0 Å². The first-order chi connectivity index (χ1) is 9.05. The van der Waals surface area contributed by atoms with Crippen LogP contribution in [0, 0.1) is 0 Å². The van der Waals surface area contributed by atoms with Gasteiger partial charge in [0.1, 0.15) is 0 Å². The van der Waals surface area contributed by atoms with Crippen molar-refractivity contribution in [2.24, 2.45) is 0 Å². The highest BCUT2D eigenvalue weighted by atomic mass is 14.4. The van der Waals surface area contributed by atoms with E-state index in [0.29, 0.717) is 0 Å². The van der Waals surface area contributed by atoms with Crippen LogP contribution in [0.2, 0.25) is 0 Å². The molecule has 19 heavy (non-hydrogen) atoms. The van der Waals surface area contributed by atoms with Crippen molar-refractivity contribution in [1.82, 2.24) is 0 Å². The maximum Gasteiger partial charge on any atom is -0.00868 e. The molecule has 2 atom stereocenters. The van der Waals surface area contributed by atoms with Gasteiger partial charge in [0.05, 0.1) is 0 Å². The molecule has 0 spiro atoms. The Kier molecular flexibility index (Phi) is 2.97. The van der Waals surface area contributed by atoms with Crippen LogP contribution in [-0.4, -0.2) is 0 Å². The molecule has 0 N–H and O–H groups in total. The second kappa shape index (κ2) is 4.52. The molecule has 0 unspecified atom stereocenters. The molecule has 0 radical (unpaired) electrons. The average Bonchev–Trinajstić information content (AvgIpc) is 3.19. The second-order valence-electron chi connectivity index (χ2n) is 6.73. The van der Waals surface area contributed by atoms with E-state index in [9.17, 15) is 0 Å². The quantitative estimate of drug-likeness (QED) is 0.682. The molecule has 0 heterocycles. The largest absolute Gasteiger partial charge is 0.0622 e. The van der Waals surface area contributed by atoms with Crippen LogP contribution < -0.4 is 0 Å². The van der Waals surface area contributed by atoms with E-state index in [0.717, 1.165) is 11.8 Å². The minimum absolute atomic E-state index is 0.251. The van der Waals surface area contributed by atoms with Crippen molar-refractivity contribution < 1.29 is 0 Å². The SMILES string of the molecule is CC(C)(C)c1ccc([C@H]2C[C@@H]2c2ccccc2)cc1. The zero-order valence-electron chi connectivity index (χ0n) is 12.1. The topological polar surface area (TPSA) is 0 Å². The summed E-state index contributed by atoms with van der Waals surface area (Å²) in [6.45, 7) is 6.81. The second-order valence-corrected chi connectivity index (χ2v) is 6.73. The summed E-state index contributed by atoms with van der Waals surface area (Å²) in [7, 11) is 0. The van der Waals surface area contributed by atoms with Gasteiger partial charge in [-0.3, -0.25) is 0 Å². The fraction of sp³-hybridized carbons (Fsp3) is 0.368. The summed E-state index contributed by atoms with van der Waals surface area (Å²) in [5, 5.41) is 0. The number of hydrogen-bond donors (Lipinski definition) is 0. The van der Waals surface area contributed by atoms with Crippen LogP contribution in [0.1, 0.15) is 55.7 Å². The summed E-state index contributed by atoms with van der Waals surface area (Å²) >= 11 is 0. The van der Waals surface area contributed by atoms with E-state index in [1.54, 1.807) is 0 Å². The number of benzene rings is 2. The van der Waals surface area contributed by atoms with Crippen molar-refractivity contribution in [3.8, 4) is 0 Å². The Morgan fingerprint density at radius 2 is 1.26 bits per heavy atom. The van der Waals surface area contributed by atoms with E-state index in [1.165, 1.54) is 23.1 Å². The van der Waals surface area contributed by atoms with Gasteiger partial charge in [0, 0.05) is 0 Å². The Balaban J connectivity index is 1.76. The van der Waals surface area contributed by atoms with Crippen LogP contribution in [0.5, 0.6) is 0 Å². The monoisotopic (exact) mass is 250 g/mol. The lowest BCUT2D eigenvalue weighted by molar-refractivity contribution is 0.590. The summed E-state index contributed by atoms with van der Waals surface area (Å²) in [6, 6.07) is 20.2. The van der Waals surface area contributed by atoms with Crippen molar-refractivity contribution in [3.05, 3.63) is 71.3 Å². The Hall–Kier alpha value is -1.56. The molecule has 1 aliphatic rings. The maximum atomic E-state index is 2.33. The summed E-state index contributed by atoms with van der Waals surface area (Å²) in [5.41, 5.74) is 4.67. The van der Waals surface area contributed by atoms with Crippen LogP contribution in [0.25, 0.3) is 0 Å². The normalized spacial score (nSPS) is 22.3. The van der Waals surface area contributed by atoms with Crippen LogP contribution in [0.4, 0.5) is 0 Å². The maximum absolute atomic E-state index is 2.33. The van der Waals surface area contributed by atoms with E-state index in [1.807, 2.05) is 0 Å². The fourth-order valence-corrected chi connectivity index (χ4v) is 2.86. The predicted octanol–water partition coefficient (Wildman–Crippen LogP) is 5.26. The van der Waals surface area contributed by atoms with Crippen molar-refractivity contribution in [2.75, 3.05) is 0 Å². The molecule has 2 aromatic carbocycles. The third kappa shape index (κ3) is 2.58. The zero-order valence-corrected chi connectivity index (χ0v) is 12.1. The fourth-order valence-electron chi connectivity index (χ4n) is 2.86. The summed E-state index contributed by atoms with van der Waals surface area (Å²) < 4.78 is 0. The lowest BCUT2D eigenvalue weighted by Crippen LogP contribution is -2.10. The van der Waals surface area contributed by atoms with E-state index < -0.39 is 0 Å². The molecule has 0 aliphatic heterocycles. The highest BCUT2D eigenvalue weighted by molar-refractivity contribution is 5.38. The molecule has 3 rings (SSSR count). The lowest BCUT2D eigenvalue weighted by Gasteiger charge is -2.19.